The lowest BCUT2D eigenvalue weighted by Gasteiger charge is -2.18. The highest BCUT2D eigenvalue weighted by atomic mass is 32.1. The van der Waals surface area contributed by atoms with E-state index in [4.69, 9.17) is 9.47 Å². The molecule has 0 unspecified atom stereocenters. The second-order valence-electron chi connectivity index (χ2n) is 6.65. The van der Waals surface area contributed by atoms with Gasteiger partial charge in [0.15, 0.2) is 17.3 Å². The standard InChI is InChI=1S/C20H17N5O4S2/c26-18(19(27)22-12-3-4-14-15(10-12)29-8-7-28-14)21-6-5-13-11-31-20-23-17(24-25(13)20)16-2-1-9-30-16/h1-4,9-11H,5-8H2,(H,21,26)(H,22,27). The fraction of sp³-hybridized carbons (Fsp3) is 0.200. The number of aromatic nitrogens is 3. The maximum Gasteiger partial charge on any atom is 0.313 e. The SMILES string of the molecule is O=C(NCCc1csc2nc(-c3cccs3)nn12)C(=O)Nc1ccc2c(c1)OCCO2. The van der Waals surface area contributed by atoms with Gasteiger partial charge in [0, 0.05) is 30.1 Å². The summed E-state index contributed by atoms with van der Waals surface area (Å²) in [6.45, 7) is 1.23. The van der Waals surface area contributed by atoms with E-state index < -0.39 is 11.8 Å². The minimum absolute atomic E-state index is 0.299. The molecule has 0 fully saturated rings. The molecule has 0 radical (unpaired) electrons. The molecule has 0 saturated carbocycles. The van der Waals surface area contributed by atoms with Gasteiger partial charge >= 0.3 is 11.8 Å². The number of hydrogen-bond donors (Lipinski definition) is 2. The largest absolute Gasteiger partial charge is 0.486 e. The Balaban J connectivity index is 1.17. The van der Waals surface area contributed by atoms with E-state index in [1.165, 1.54) is 11.3 Å². The topological polar surface area (TPSA) is 107 Å². The number of hydrogen-bond acceptors (Lipinski definition) is 8. The van der Waals surface area contributed by atoms with Crippen molar-refractivity contribution < 1.29 is 19.1 Å². The third-order valence-corrected chi connectivity index (χ3v) is 6.30. The second kappa shape index (κ2) is 8.36. The van der Waals surface area contributed by atoms with E-state index in [1.807, 2.05) is 22.9 Å². The number of carbonyl (C=O) groups excluding carboxylic acids is 2. The van der Waals surface area contributed by atoms with E-state index >= 15 is 0 Å². The molecule has 4 heterocycles. The average Bonchev–Trinajstić information content (AvgIpc) is 3.51. The number of rotatable bonds is 5. The van der Waals surface area contributed by atoms with Crippen LogP contribution in [0.2, 0.25) is 0 Å². The van der Waals surface area contributed by atoms with Crippen molar-refractivity contribution in [2.24, 2.45) is 0 Å². The first-order chi connectivity index (χ1) is 15.2. The van der Waals surface area contributed by atoms with Crippen LogP contribution in [0.5, 0.6) is 11.5 Å². The molecule has 9 nitrogen and oxygen atoms in total. The first kappa shape index (κ1) is 19.5. The Morgan fingerprint density at radius 1 is 1.10 bits per heavy atom. The summed E-state index contributed by atoms with van der Waals surface area (Å²) in [5, 5.41) is 13.7. The summed E-state index contributed by atoms with van der Waals surface area (Å²) in [7, 11) is 0. The van der Waals surface area contributed by atoms with Gasteiger partial charge in [0.05, 0.1) is 10.6 Å². The van der Waals surface area contributed by atoms with Crippen LogP contribution in [-0.4, -0.2) is 46.2 Å². The lowest BCUT2D eigenvalue weighted by Crippen LogP contribution is -2.36. The van der Waals surface area contributed by atoms with E-state index in [0.29, 0.717) is 49.2 Å². The van der Waals surface area contributed by atoms with E-state index in [-0.39, 0.29) is 0 Å². The first-order valence-corrected chi connectivity index (χ1v) is 11.3. The van der Waals surface area contributed by atoms with Gasteiger partial charge in [-0.15, -0.1) is 27.8 Å². The van der Waals surface area contributed by atoms with Crippen molar-refractivity contribution in [1.29, 1.82) is 0 Å². The fourth-order valence-electron chi connectivity index (χ4n) is 3.10. The van der Waals surface area contributed by atoms with Crippen LogP contribution in [0.1, 0.15) is 5.69 Å². The molecule has 3 aromatic heterocycles. The van der Waals surface area contributed by atoms with Crippen molar-refractivity contribution in [3.63, 3.8) is 0 Å². The van der Waals surface area contributed by atoms with Crippen LogP contribution in [-0.2, 0) is 16.0 Å². The number of anilines is 1. The predicted molar refractivity (Wildman–Crippen MR) is 117 cm³/mol. The van der Waals surface area contributed by atoms with Crippen LogP contribution < -0.4 is 20.1 Å². The van der Waals surface area contributed by atoms with E-state index in [2.05, 4.69) is 20.7 Å². The summed E-state index contributed by atoms with van der Waals surface area (Å²) < 4.78 is 12.7. The number of nitrogens with zero attached hydrogens (tertiary/aromatic N) is 3. The molecule has 0 saturated heterocycles. The van der Waals surface area contributed by atoms with Gasteiger partial charge in [-0.3, -0.25) is 9.59 Å². The second-order valence-corrected chi connectivity index (χ2v) is 8.44. The van der Waals surface area contributed by atoms with Gasteiger partial charge in [-0.1, -0.05) is 6.07 Å². The Labute approximate surface area is 184 Å². The van der Waals surface area contributed by atoms with Gasteiger partial charge < -0.3 is 20.1 Å². The number of nitrogens with one attached hydrogen (secondary N) is 2. The van der Waals surface area contributed by atoms with Crippen LogP contribution in [0.3, 0.4) is 0 Å². The molecular weight excluding hydrogens is 438 g/mol. The molecule has 31 heavy (non-hydrogen) atoms. The van der Waals surface area contributed by atoms with E-state index in [1.54, 1.807) is 34.1 Å². The number of carbonyl (C=O) groups is 2. The van der Waals surface area contributed by atoms with Gasteiger partial charge in [0.1, 0.15) is 13.2 Å². The molecule has 5 rings (SSSR count). The minimum Gasteiger partial charge on any atom is -0.486 e. The average molecular weight is 456 g/mol. The molecule has 1 aliphatic heterocycles. The third-order valence-electron chi connectivity index (χ3n) is 4.56. The molecule has 11 heteroatoms. The molecule has 2 N–H and O–H groups in total. The molecule has 4 aromatic rings. The summed E-state index contributed by atoms with van der Waals surface area (Å²) >= 11 is 3.07. The molecule has 0 bridgehead atoms. The number of fused-ring (bicyclic) bond motifs is 2. The Morgan fingerprint density at radius 2 is 1.97 bits per heavy atom. The minimum atomic E-state index is -0.743. The molecule has 0 spiro atoms. The zero-order valence-electron chi connectivity index (χ0n) is 16.2. The monoisotopic (exact) mass is 455 g/mol. The van der Waals surface area contributed by atoms with Gasteiger partial charge in [-0.25, -0.2) is 4.52 Å². The van der Waals surface area contributed by atoms with Crippen molar-refractivity contribution in [1.82, 2.24) is 19.9 Å². The Kier molecular flexibility index (Phi) is 5.26. The number of amides is 2. The van der Waals surface area contributed by atoms with Crippen molar-refractivity contribution in [3.05, 3.63) is 46.8 Å². The molecule has 158 valence electrons. The molecule has 1 aliphatic rings. The number of ether oxygens (including phenoxy) is 2. The summed E-state index contributed by atoms with van der Waals surface area (Å²) in [6.07, 6.45) is 0.524. The lowest BCUT2D eigenvalue weighted by molar-refractivity contribution is -0.136. The highest BCUT2D eigenvalue weighted by Crippen LogP contribution is 2.32. The maximum absolute atomic E-state index is 12.2. The summed E-state index contributed by atoms with van der Waals surface area (Å²) in [4.78, 5) is 30.7. The van der Waals surface area contributed by atoms with Crippen molar-refractivity contribution in [2.75, 3.05) is 25.1 Å². The highest BCUT2D eigenvalue weighted by Gasteiger charge is 2.17. The molecule has 2 amide bonds. The lowest BCUT2D eigenvalue weighted by atomic mass is 10.2. The smallest absolute Gasteiger partial charge is 0.313 e. The van der Waals surface area contributed by atoms with Crippen LogP contribution in [0.25, 0.3) is 15.7 Å². The molecule has 1 aromatic carbocycles. The van der Waals surface area contributed by atoms with E-state index in [0.717, 1.165) is 15.5 Å². The quantitative estimate of drug-likeness (QED) is 0.448. The summed E-state index contributed by atoms with van der Waals surface area (Å²) in [5.41, 5.74) is 1.38. The Bertz CT molecular complexity index is 1250. The predicted octanol–water partition coefficient (Wildman–Crippen LogP) is 2.59. The molecule has 0 atom stereocenters. The first-order valence-electron chi connectivity index (χ1n) is 9.53. The summed E-state index contributed by atoms with van der Waals surface area (Å²) in [6, 6.07) is 8.94. The normalized spacial score (nSPS) is 12.6. The zero-order chi connectivity index (χ0) is 21.2. The van der Waals surface area contributed by atoms with Gasteiger partial charge in [-0.2, -0.15) is 4.98 Å². The number of thiazole rings is 1. The Morgan fingerprint density at radius 3 is 2.81 bits per heavy atom. The van der Waals surface area contributed by atoms with Crippen LogP contribution in [0.15, 0.2) is 41.1 Å². The number of benzene rings is 1. The van der Waals surface area contributed by atoms with E-state index in [9.17, 15) is 9.59 Å². The van der Waals surface area contributed by atoms with Crippen LogP contribution in [0.4, 0.5) is 5.69 Å². The Hall–Kier alpha value is -3.44. The fourth-order valence-corrected chi connectivity index (χ4v) is 4.61. The highest BCUT2D eigenvalue weighted by molar-refractivity contribution is 7.15. The van der Waals surface area contributed by atoms with Crippen molar-refractivity contribution >= 4 is 45.1 Å². The molecule has 0 aliphatic carbocycles. The maximum atomic E-state index is 12.2. The zero-order valence-corrected chi connectivity index (χ0v) is 17.8. The van der Waals surface area contributed by atoms with Crippen molar-refractivity contribution in [2.45, 2.75) is 6.42 Å². The molecular formula is C20H17N5O4S2. The van der Waals surface area contributed by atoms with Crippen LogP contribution >= 0.6 is 22.7 Å². The van der Waals surface area contributed by atoms with Gasteiger partial charge in [0.2, 0.25) is 4.96 Å². The third kappa shape index (κ3) is 4.09. The number of thiophene rings is 1. The summed E-state index contributed by atoms with van der Waals surface area (Å²) in [5.74, 6) is 0.393. The van der Waals surface area contributed by atoms with Gasteiger partial charge in [0.25, 0.3) is 0 Å². The van der Waals surface area contributed by atoms with Crippen molar-refractivity contribution in [3.8, 4) is 22.2 Å². The van der Waals surface area contributed by atoms with Crippen LogP contribution in [0, 0.1) is 0 Å². The van der Waals surface area contributed by atoms with Gasteiger partial charge in [-0.05, 0) is 23.6 Å².